The van der Waals surface area contributed by atoms with E-state index in [2.05, 4.69) is 14.9 Å². The van der Waals surface area contributed by atoms with Crippen molar-refractivity contribution >= 4 is 15.9 Å². The van der Waals surface area contributed by atoms with E-state index in [9.17, 15) is 13.2 Å². The first-order valence-electron chi connectivity index (χ1n) is 8.81. The smallest absolute Gasteiger partial charge is 0.251 e. The number of rotatable bonds is 8. The molecule has 1 amide bonds. The zero-order valence-corrected chi connectivity index (χ0v) is 17.0. The molecule has 0 fully saturated rings. The maximum Gasteiger partial charge on any atom is 0.251 e. The van der Waals surface area contributed by atoms with Crippen LogP contribution in [-0.4, -0.2) is 39.4 Å². The SMILES string of the molecule is CC(C)NS(=O)(=O)c1ccc(C(=O)NCc2ccccc2CN(C)C)cc1. The zero-order chi connectivity index (χ0) is 20.0. The van der Waals surface area contributed by atoms with Crippen molar-refractivity contribution in [3.63, 3.8) is 0 Å². The summed E-state index contributed by atoms with van der Waals surface area (Å²) in [6.07, 6.45) is 0. The summed E-state index contributed by atoms with van der Waals surface area (Å²) in [6.45, 7) is 4.72. The van der Waals surface area contributed by atoms with Crippen LogP contribution in [0.2, 0.25) is 0 Å². The Balaban J connectivity index is 2.05. The molecule has 27 heavy (non-hydrogen) atoms. The van der Waals surface area contributed by atoms with E-state index in [4.69, 9.17) is 0 Å². The van der Waals surface area contributed by atoms with Crippen LogP contribution in [0, 0.1) is 0 Å². The van der Waals surface area contributed by atoms with Crippen LogP contribution in [0.25, 0.3) is 0 Å². The molecular formula is C20H27N3O3S. The van der Waals surface area contributed by atoms with Gasteiger partial charge in [-0.15, -0.1) is 0 Å². The van der Waals surface area contributed by atoms with Crippen LogP contribution in [0.1, 0.15) is 35.3 Å². The van der Waals surface area contributed by atoms with E-state index in [1.165, 1.54) is 24.3 Å². The van der Waals surface area contributed by atoms with Crippen molar-refractivity contribution in [3.8, 4) is 0 Å². The van der Waals surface area contributed by atoms with Crippen LogP contribution >= 0.6 is 0 Å². The van der Waals surface area contributed by atoms with Gasteiger partial charge in [-0.25, -0.2) is 13.1 Å². The third-order valence-electron chi connectivity index (χ3n) is 3.86. The molecule has 0 unspecified atom stereocenters. The lowest BCUT2D eigenvalue weighted by Gasteiger charge is -2.15. The molecule has 146 valence electrons. The van der Waals surface area contributed by atoms with Gasteiger partial charge in [0.25, 0.3) is 5.91 Å². The first-order valence-corrected chi connectivity index (χ1v) is 10.3. The van der Waals surface area contributed by atoms with Crippen LogP contribution in [0.4, 0.5) is 0 Å². The van der Waals surface area contributed by atoms with Crippen LogP contribution < -0.4 is 10.0 Å². The van der Waals surface area contributed by atoms with E-state index >= 15 is 0 Å². The summed E-state index contributed by atoms with van der Waals surface area (Å²) in [6, 6.07) is 13.7. The van der Waals surface area contributed by atoms with Gasteiger partial charge in [0.1, 0.15) is 0 Å². The normalized spacial score (nSPS) is 11.8. The molecule has 2 rings (SSSR count). The van der Waals surface area contributed by atoms with E-state index < -0.39 is 10.0 Å². The van der Waals surface area contributed by atoms with Gasteiger partial charge in [0.2, 0.25) is 10.0 Å². The molecule has 0 aliphatic carbocycles. The third kappa shape index (κ3) is 6.16. The average Bonchev–Trinajstić information content (AvgIpc) is 2.59. The maximum absolute atomic E-state index is 12.4. The Kier molecular flexibility index (Phi) is 7.12. The highest BCUT2D eigenvalue weighted by Gasteiger charge is 2.16. The predicted octanol–water partition coefficient (Wildman–Crippen LogP) is 2.36. The number of carbonyl (C=O) groups excluding carboxylic acids is 1. The summed E-state index contributed by atoms with van der Waals surface area (Å²) >= 11 is 0. The minimum absolute atomic E-state index is 0.143. The average molecular weight is 390 g/mol. The molecule has 2 aromatic rings. The molecule has 0 bridgehead atoms. The molecule has 0 aliphatic heterocycles. The van der Waals surface area contributed by atoms with Crippen molar-refractivity contribution in [1.82, 2.24) is 14.9 Å². The van der Waals surface area contributed by atoms with Crippen molar-refractivity contribution in [3.05, 3.63) is 65.2 Å². The van der Waals surface area contributed by atoms with Crippen LogP contribution in [0.3, 0.4) is 0 Å². The molecule has 7 heteroatoms. The van der Waals surface area contributed by atoms with Crippen LogP contribution in [0.15, 0.2) is 53.4 Å². The molecule has 0 radical (unpaired) electrons. The van der Waals surface area contributed by atoms with Gasteiger partial charge in [0.15, 0.2) is 0 Å². The first-order chi connectivity index (χ1) is 12.7. The summed E-state index contributed by atoms with van der Waals surface area (Å²) < 4.78 is 26.8. The van der Waals surface area contributed by atoms with E-state index in [-0.39, 0.29) is 16.8 Å². The van der Waals surface area contributed by atoms with Gasteiger partial charge >= 0.3 is 0 Å². The third-order valence-corrected chi connectivity index (χ3v) is 5.54. The maximum atomic E-state index is 12.4. The van der Waals surface area contributed by atoms with Gasteiger partial charge in [-0.2, -0.15) is 0 Å². The molecular weight excluding hydrogens is 362 g/mol. The molecule has 0 saturated carbocycles. The molecule has 6 nitrogen and oxygen atoms in total. The van der Waals surface area contributed by atoms with Crippen LogP contribution in [0.5, 0.6) is 0 Å². The Labute approximate surface area is 161 Å². The number of benzene rings is 2. The monoisotopic (exact) mass is 389 g/mol. The van der Waals surface area contributed by atoms with Crippen molar-refractivity contribution in [2.75, 3.05) is 14.1 Å². The number of amides is 1. The fraction of sp³-hybridized carbons (Fsp3) is 0.350. The summed E-state index contributed by atoms with van der Waals surface area (Å²) in [5.41, 5.74) is 2.63. The highest BCUT2D eigenvalue weighted by molar-refractivity contribution is 7.89. The largest absolute Gasteiger partial charge is 0.348 e. The van der Waals surface area contributed by atoms with Gasteiger partial charge in [-0.05, 0) is 63.3 Å². The molecule has 2 aromatic carbocycles. The fourth-order valence-corrected chi connectivity index (χ4v) is 3.92. The molecule has 0 spiro atoms. The lowest BCUT2D eigenvalue weighted by atomic mass is 10.1. The predicted molar refractivity (Wildman–Crippen MR) is 107 cm³/mol. The molecule has 0 saturated heterocycles. The molecule has 0 aliphatic rings. The number of nitrogens with zero attached hydrogens (tertiary/aromatic N) is 1. The zero-order valence-electron chi connectivity index (χ0n) is 16.2. The van der Waals surface area contributed by atoms with E-state index in [0.717, 1.165) is 17.7 Å². The quantitative estimate of drug-likeness (QED) is 0.727. The van der Waals surface area contributed by atoms with Gasteiger partial charge in [-0.1, -0.05) is 24.3 Å². The number of sulfonamides is 1. The standard InChI is InChI=1S/C20H27N3O3S/c1-15(2)22-27(25,26)19-11-9-16(10-12-19)20(24)21-13-17-7-5-6-8-18(17)14-23(3)4/h5-12,15,22H,13-14H2,1-4H3,(H,21,24). The summed E-state index contributed by atoms with van der Waals surface area (Å²) in [5, 5.41) is 2.90. The van der Waals surface area contributed by atoms with Crippen molar-refractivity contribution in [2.24, 2.45) is 0 Å². The van der Waals surface area contributed by atoms with Gasteiger partial charge in [0.05, 0.1) is 4.90 Å². The number of hydrogen-bond acceptors (Lipinski definition) is 4. The van der Waals surface area contributed by atoms with Crippen molar-refractivity contribution < 1.29 is 13.2 Å². The second-order valence-electron chi connectivity index (χ2n) is 6.99. The minimum atomic E-state index is -3.56. The Morgan fingerprint density at radius 3 is 2.15 bits per heavy atom. The Morgan fingerprint density at radius 2 is 1.59 bits per heavy atom. The van der Waals surface area contributed by atoms with E-state index in [0.29, 0.717) is 12.1 Å². The summed E-state index contributed by atoms with van der Waals surface area (Å²) in [7, 11) is 0.437. The lowest BCUT2D eigenvalue weighted by Crippen LogP contribution is -2.30. The highest BCUT2D eigenvalue weighted by Crippen LogP contribution is 2.13. The number of carbonyl (C=O) groups is 1. The highest BCUT2D eigenvalue weighted by atomic mass is 32.2. The van der Waals surface area contributed by atoms with Crippen molar-refractivity contribution in [1.29, 1.82) is 0 Å². The van der Waals surface area contributed by atoms with E-state index in [1.807, 2.05) is 38.4 Å². The second kappa shape index (κ2) is 9.12. The Morgan fingerprint density at radius 1 is 1.00 bits per heavy atom. The topological polar surface area (TPSA) is 78.5 Å². The van der Waals surface area contributed by atoms with Gasteiger partial charge in [-0.3, -0.25) is 4.79 Å². The second-order valence-corrected chi connectivity index (χ2v) is 8.70. The lowest BCUT2D eigenvalue weighted by molar-refractivity contribution is 0.0950. The summed E-state index contributed by atoms with van der Waals surface area (Å²) in [4.78, 5) is 14.6. The molecule has 0 heterocycles. The minimum Gasteiger partial charge on any atom is -0.348 e. The molecule has 0 aromatic heterocycles. The number of hydrogen-bond donors (Lipinski definition) is 2. The van der Waals surface area contributed by atoms with E-state index in [1.54, 1.807) is 13.8 Å². The molecule has 2 N–H and O–H groups in total. The van der Waals surface area contributed by atoms with Gasteiger partial charge < -0.3 is 10.2 Å². The Bertz CT molecular complexity index is 876. The van der Waals surface area contributed by atoms with Gasteiger partial charge in [0, 0.05) is 24.7 Å². The number of nitrogens with one attached hydrogen (secondary N) is 2. The van der Waals surface area contributed by atoms with Crippen molar-refractivity contribution in [2.45, 2.75) is 37.9 Å². The summed E-state index contributed by atoms with van der Waals surface area (Å²) in [5.74, 6) is -0.240. The van der Waals surface area contributed by atoms with Crippen LogP contribution in [-0.2, 0) is 23.1 Å². The first kappa shape index (κ1) is 21.1. The molecule has 0 atom stereocenters. The fourth-order valence-electron chi connectivity index (χ4n) is 2.67. The Hall–Kier alpha value is -2.22.